The van der Waals surface area contributed by atoms with Gasteiger partial charge in [-0.2, -0.15) is 0 Å². The van der Waals surface area contributed by atoms with Crippen molar-refractivity contribution in [1.29, 1.82) is 0 Å². The molecular weight excluding hydrogens is 316 g/mol. The molecule has 0 aliphatic carbocycles. The van der Waals surface area contributed by atoms with Crippen molar-refractivity contribution in [3.05, 3.63) is 63.8 Å². The first-order valence-corrected chi connectivity index (χ1v) is 7.03. The van der Waals surface area contributed by atoms with Gasteiger partial charge in [-0.05, 0) is 36.8 Å². The Bertz CT molecular complexity index is 820. The summed E-state index contributed by atoms with van der Waals surface area (Å²) in [6.45, 7) is 2.00. The number of fused-ring (bicyclic) bond motifs is 1. The summed E-state index contributed by atoms with van der Waals surface area (Å²) in [7, 11) is 0. The average Bonchev–Trinajstić information content (AvgIpc) is 2.86. The summed E-state index contributed by atoms with van der Waals surface area (Å²) in [4.78, 5) is 15.9. The van der Waals surface area contributed by atoms with Crippen LogP contribution in [-0.4, -0.2) is 10.8 Å². The van der Waals surface area contributed by atoms with Crippen molar-refractivity contribution in [1.82, 2.24) is 4.98 Å². The number of nitrogen functional groups attached to an aromatic ring is 1. The Hall–Kier alpha value is -2.07. The Labute approximate surface area is 124 Å². The highest BCUT2D eigenvalue weighted by Crippen LogP contribution is 2.28. The minimum atomic E-state index is -0.0373. The second-order valence-electron chi connectivity index (χ2n) is 4.77. The van der Waals surface area contributed by atoms with Crippen molar-refractivity contribution in [2.75, 3.05) is 5.73 Å². The molecule has 3 N–H and O–H groups in total. The topological polar surface area (TPSA) is 58.9 Å². The number of halogens is 1. The van der Waals surface area contributed by atoms with Gasteiger partial charge in [0.05, 0.1) is 0 Å². The van der Waals surface area contributed by atoms with Crippen molar-refractivity contribution in [3.63, 3.8) is 0 Å². The minimum absolute atomic E-state index is 0.0373. The summed E-state index contributed by atoms with van der Waals surface area (Å²) in [5, 5.41) is 0.965. The summed E-state index contributed by atoms with van der Waals surface area (Å²) in [5.41, 5.74) is 9.65. The van der Waals surface area contributed by atoms with Crippen LogP contribution < -0.4 is 5.73 Å². The molecule has 1 aromatic heterocycles. The van der Waals surface area contributed by atoms with Gasteiger partial charge in [-0.3, -0.25) is 4.79 Å². The number of aromatic nitrogens is 1. The van der Waals surface area contributed by atoms with E-state index in [9.17, 15) is 4.79 Å². The molecule has 0 saturated heterocycles. The van der Waals surface area contributed by atoms with Gasteiger partial charge in [-0.1, -0.05) is 28.1 Å². The van der Waals surface area contributed by atoms with E-state index in [1.165, 1.54) is 0 Å². The third kappa shape index (κ3) is 2.02. The first kappa shape index (κ1) is 12.9. The van der Waals surface area contributed by atoms with Crippen LogP contribution in [0.4, 0.5) is 5.69 Å². The van der Waals surface area contributed by atoms with Gasteiger partial charge in [0.1, 0.15) is 0 Å². The van der Waals surface area contributed by atoms with Crippen LogP contribution in [0, 0.1) is 6.92 Å². The number of nitrogens with two attached hydrogens (primary N) is 1. The number of hydrogen-bond acceptors (Lipinski definition) is 2. The molecule has 0 amide bonds. The third-order valence-electron chi connectivity index (χ3n) is 3.39. The first-order valence-electron chi connectivity index (χ1n) is 6.24. The molecule has 0 aliphatic rings. The fourth-order valence-electron chi connectivity index (χ4n) is 2.41. The molecule has 100 valence electrons. The number of benzene rings is 2. The second-order valence-corrected chi connectivity index (χ2v) is 5.62. The quantitative estimate of drug-likeness (QED) is 0.550. The molecule has 0 spiro atoms. The zero-order valence-electron chi connectivity index (χ0n) is 10.9. The van der Waals surface area contributed by atoms with Gasteiger partial charge < -0.3 is 10.7 Å². The van der Waals surface area contributed by atoms with Crippen LogP contribution in [0.15, 0.2) is 47.1 Å². The van der Waals surface area contributed by atoms with E-state index in [4.69, 9.17) is 5.73 Å². The normalized spacial score (nSPS) is 10.9. The molecule has 3 aromatic rings. The van der Waals surface area contributed by atoms with Crippen LogP contribution in [0.25, 0.3) is 10.9 Å². The maximum atomic E-state index is 12.7. The number of aryl methyl sites for hydroxylation is 1. The number of H-pyrrole nitrogens is 1. The van der Waals surface area contributed by atoms with Crippen LogP contribution in [0.2, 0.25) is 0 Å². The van der Waals surface area contributed by atoms with Gasteiger partial charge in [-0.15, -0.1) is 0 Å². The molecular formula is C16H13BrN2O. The standard InChI is InChI=1S/C16H13BrN2O/c1-9-3-2-4-14-15(9)12(8-19-14)16(20)11-7-10(18)5-6-13(11)17/h2-8,19H,18H2,1H3. The Morgan fingerprint density at radius 3 is 2.80 bits per heavy atom. The van der Waals surface area contributed by atoms with E-state index in [0.717, 1.165) is 20.9 Å². The lowest BCUT2D eigenvalue weighted by molar-refractivity contribution is 0.103. The van der Waals surface area contributed by atoms with Crippen LogP contribution in [0.3, 0.4) is 0 Å². The smallest absolute Gasteiger partial charge is 0.196 e. The molecule has 2 aromatic carbocycles. The zero-order chi connectivity index (χ0) is 14.3. The van der Waals surface area contributed by atoms with Gasteiger partial charge in [0, 0.05) is 38.4 Å². The highest BCUT2D eigenvalue weighted by molar-refractivity contribution is 9.10. The largest absolute Gasteiger partial charge is 0.399 e. The SMILES string of the molecule is Cc1cccc2[nH]cc(C(=O)c3cc(N)ccc3Br)c12. The molecule has 3 rings (SSSR count). The lowest BCUT2D eigenvalue weighted by atomic mass is 10.00. The molecule has 0 unspecified atom stereocenters. The molecule has 0 atom stereocenters. The second kappa shape index (κ2) is 4.80. The number of hydrogen-bond donors (Lipinski definition) is 2. The summed E-state index contributed by atoms with van der Waals surface area (Å²) in [6, 6.07) is 11.2. The van der Waals surface area contributed by atoms with Gasteiger partial charge in [-0.25, -0.2) is 0 Å². The number of carbonyl (C=O) groups is 1. The molecule has 4 heteroatoms. The van der Waals surface area contributed by atoms with Crippen LogP contribution in [0.5, 0.6) is 0 Å². The van der Waals surface area contributed by atoms with E-state index in [-0.39, 0.29) is 5.78 Å². The van der Waals surface area contributed by atoms with E-state index in [1.807, 2.05) is 25.1 Å². The predicted octanol–water partition coefficient (Wildman–Crippen LogP) is 4.05. The molecule has 0 radical (unpaired) electrons. The fourth-order valence-corrected chi connectivity index (χ4v) is 2.84. The number of anilines is 1. The average molecular weight is 329 g/mol. The summed E-state index contributed by atoms with van der Waals surface area (Å²) in [5.74, 6) is -0.0373. The number of ketones is 1. The van der Waals surface area contributed by atoms with Crippen molar-refractivity contribution in [3.8, 4) is 0 Å². The van der Waals surface area contributed by atoms with Gasteiger partial charge in [0.2, 0.25) is 0 Å². The maximum absolute atomic E-state index is 12.7. The molecule has 0 saturated carbocycles. The van der Waals surface area contributed by atoms with Crippen molar-refractivity contribution in [2.45, 2.75) is 6.92 Å². The Balaban J connectivity index is 2.21. The Kier molecular flexibility index (Phi) is 3.10. The van der Waals surface area contributed by atoms with Crippen molar-refractivity contribution < 1.29 is 4.79 Å². The molecule has 0 aliphatic heterocycles. The van der Waals surface area contributed by atoms with Gasteiger partial charge in [0.25, 0.3) is 0 Å². The summed E-state index contributed by atoms with van der Waals surface area (Å²) in [6.07, 6.45) is 1.76. The Morgan fingerprint density at radius 1 is 1.20 bits per heavy atom. The lowest BCUT2D eigenvalue weighted by Gasteiger charge is -2.05. The van der Waals surface area contributed by atoms with E-state index < -0.39 is 0 Å². The van der Waals surface area contributed by atoms with Gasteiger partial charge in [0.15, 0.2) is 5.78 Å². The fraction of sp³-hybridized carbons (Fsp3) is 0.0625. The van der Waals surface area contributed by atoms with Crippen molar-refractivity contribution in [2.24, 2.45) is 0 Å². The Morgan fingerprint density at radius 2 is 2.00 bits per heavy atom. The van der Waals surface area contributed by atoms with Gasteiger partial charge >= 0.3 is 0 Å². The van der Waals surface area contributed by atoms with Crippen LogP contribution >= 0.6 is 15.9 Å². The number of aromatic amines is 1. The summed E-state index contributed by atoms with van der Waals surface area (Å²) < 4.78 is 0.750. The summed E-state index contributed by atoms with van der Waals surface area (Å²) >= 11 is 3.41. The lowest BCUT2D eigenvalue weighted by Crippen LogP contribution is -2.03. The predicted molar refractivity (Wildman–Crippen MR) is 85.0 cm³/mol. The van der Waals surface area contributed by atoms with Crippen molar-refractivity contribution >= 4 is 38.3 Å². The molecule has 0 bridgehead atoms. The molecule has 0 fully saturated rings. The molecule has 20 heavy (non-hydrogen) atoms. The highest BCUT2D eigenvalue weighted by Gasteiger charge is 2.17. The minimum Gasteiger partial charge on any atom is -0.399 e. The number of nitrogens with one attached hydrogen (secondary N) is 1. The first-order chi connectivity index (χ1) is 9.58. The van der Waals surface area contributed by atoms with Crippen LogP contribution in [-0.2, 0) is 0 Å². The maximum Gasteiger partial charge on any atom is 0.196 e. The number of carbonyl (C=O) groups excluding carboxylic acids is 1. The third-order valence-corrected chi connectivity index (χ3v) is 4.09. The van der Waals surface area contributed by atoms with Crippen LogP contribution in [0.1, 0.15) is 21.5 Å². The van der Waals surface area contributed by atoms with E-state index >= 15 is 0 Å². The number of rotatable bonds is 2. The zero-order valence-corrected chi connectivity index (χ0v) is 12.5. The van der Waals surface area contributed by atoms with E-state index in [1.54, 1.807) is 24.4 Å². The van der Waals surface area contributed by atoms with E-state index in [0.29, 0.717) is 16.8 Å². The monoisotopic (exact) mass is 328 g/mol. The highest BCUT2D eigenvalue weighted by atomic mass is 79.9. The molecule has 1 heterocycles. The molecule has 3 nitrogen and oxygen atoms in total. The van der Waals surface area contributed by atoms with E-state index in [2.05, 4.69) is 20.9 Å².